The van der Waals surface area contributed by atoms with Crippen molar-refractivity contribution in [2.75, 3.05) is 0 Å². The lowest BCUT2D eigenvalue weighted by Gasteiger charge is -2.05. The molecule has 3 rings (SSSR count). The molecule has 0 unspecified atom stereocenters. The maximum atomic E-state index is 12.6. The maximum Gasteiger partial charge on any atom is 0.193 e. The summed E-state index contributed by atoms with van der Waals surface area (Å²) in [6.07, 6.45) is 0.893. The molecule has 0 saturated carbocycles. The largest absolute Gasteiger partial charge is 0.289 e. The summed E-state index contributed by atoms with van der Waals surface area (Å²) in [5.41, 5.74) is 5.18. The van der Waals surface area contributed by atoms with Crippen LogP contribution in [0.3, 0.4) is 0 Å². The van der Waals surface area contributed by atoms with Gasteiger partial charge in [0.2, 0.25) is 0 Å². The molecule has 0 radical (unpaired) electrons. The van der Waals surface area contributed by atoms with Gasteiger partial charge in [-0.15, -0.1) is 0 Å². The summed E-state index contributed by atoms with van der Waals surface area (Å²) in [6, 6.07) is 17.7. The summed E-state index contributed by atoms with van der Waals surface area (Å²) in [6.45, 7) is 2.05. The van der Waals surface area contributed by atoms with Gasteiger partial charge in [0.05, 0.1) is 0 Å². The second-order valence-electron chi connectivity index (χ2n) is 4.68. The molecule has 0 aliphatic heterocycles. The fraction of sp³-hybridized carbons (Fsp3) is 0.118. The Bertz CT molecular complexity index is 636. The van der Waals surface area contributed by atoms with Gasteiger partial charge in [-0.1, -0.05) is 60.2 Å². The summed E-state index contributed by atoms with van der Waals surface area (Å²) >= 11 is 0. The van der Waals surface area contributed by atoms with Gasteiger partial charge in [-0.2, -0.15) is 0 Å². The monoisotopic (exact) mass is 234 g/mol. The minimum atomic E-state index is 0.137. The van der Waals surface area contributed by atoms with E-state index in [0.717, 1.165) is 23.1 Å². The van der Waals surface area contributed by atoms with Crippen LogP contribution >= 0.6 is 0 Å². The van der Waals surface area contributed by atoms with Crippen molar-refractivity contribution in [3.8, 4) is 0 Å². The van der Waals surface area contributed by atoms with Gasteiger partial charge in [-0.25, -0.2) is 0 Å². The smallest absolute Gasteiger partial charge is 0.193 e. The lowest BCUT2D eigenvalue weighted by Crippen LogP contribution is -2.02. The Morgan fingerprint density at radius 2 is 1.61 bits per heavy atom. The van der Waals surface area contributed by atoms with E-state index >= 15 is 0 Å². The number of ketones is 1. The van der Waals surface area contributed by atoms with Crippen molar-refractivity contribution in [2.45, 2.75) is 13.3 Å². The molecule has 1 aliphatic rings. The highest BCUT2D eigenvalue weighted by Crippen LogP contribution is 2.34. The molecule has 2 aromatic carbocycles. The number of hydrogen-bond donors (Lipinski definition) is 0. The lowest BCUT2D eigenvalue weighted by molar-refractivity contribution is 0.105. The molecule has 0 atom stereocenters. The lowest BCUT2D eigenvalue weighted by atomic mass is 9.97. The fourth-order valence-electron chi connectivity index (χ4n) is 2.57. The molecule has 1 nitrogen and oxygen atoms in total. The number of allylic oxidation sites excluding steroid dienone is 2. The standard InChI is InChI=1S/C17H14O/c1-12-11-14-9-5-6-10-15(14)16(12)17(18)13-7-3-2-4-8-13/h2-10H,11H2,1H3. The van der Waals surface area contributed by atoms with Crippen molar-refractivity contribution in [1.82, 2.24) is 0 Å². The van der Waals surface area contributed by atoms with E-state index in [1.165, 1.54) is 11.1 Å². The van der Waals surface area contributed by atoms with Crippen LogP contribution < -0.4 is 0 Å². The van der Waals surface area contributed by atoms with Crippen LogP contribution in [-0.4, -0.2) is 5.78 Å². The second-order valence-corrected chi connectivity index (χ2v) is 4.68. The second kappa shape index (κ2) is 4.26. The van der Waals surface area contributed by atoms with Crippen LogP contribution in [0.1, 0.15) is 28.4 Å². The minimum Gasteiger partial charge on any atom is -0.289 e. The molecule has 0 heterocycles. The number of carbonyl (C=O) groups excluding carboxylic acids is 1. The maximum absolute atomic E-state index is 12.6. The first-order valence-electron chi connectivity index (χ1n) is 6.15. The van der Waals surface area contributed by atoms with E-state index in [2.05, 4.69) is 13.0 Å². The molecule has 2 aromatic rings. The molecule has 88 valence electrons. The quantitative estimate of drug-likeness (QED) is 0.720. The van der Waals surface area contributed by atoms with Gasteiger partial charge >= 0.3 is 0 Å². The van der Waals surface area contributed by atoms with Gasteiger partial charge in [0.1, 0.15) is 0 Å². The van der Waals surface area contributed by atoms with Crippen molar-refractivity contribution in [1.29, 1.82) is 0 Å². The number of hydrogen-bond acceptors (Lipinski definition) is 1. The van der Waals surface area contributed by atoms with E-state index < -0.39 is 0 Å². The number of rotatable bonds is 2. The van der Waals surface area contributed by atoms with Gasteiger partial charge < -0.3 is 0 Å². The Balaban J connectivity index is 2.08. The summed E-state index contributed by atoms with van der Waals surface area (Å²) in [5.74, 6) is 0.137. The predicted octanol–water partition coefficient (Wildman–Crippen LogP) is 3.90. The van der Waals surface area contributed by atoms with E-state index in [9.17, 15) is 4.79 Å². The van der Waals surface area contributed by atoms with Gasteiger partial charge in [0.25, 0.3) is 0 Å². The fourth-order valence-corrected chi connectivity index (χ4v) is 2.57. The van der Waals surface area contributed by atoms with E-state index in [1.807, 2.05) is 48.5 Å². The van der Waals surface area contributed by atoms with E-state index in [1.54, 1.807) is 0 Å². The zero-order valence-electron chi connectivity index (χ0n) is 10.3. The Morgan fingerprint density at radius 1 is 0.944 bits per heavy atom. The van der Waals surface area contributed by atoms with Gasteiger partial charge in [-0.05, 0) is 24.5 Å². The van der Waals surface area contributed by atoms with Crippen molar-refractivity contribution < 1.29 is 4.79 Å². The van der Waals surface area contributed by atoms with Crippen molar-refractivity contribution >= 4 is 11.4 Å². The molecule has 0 spiro atoms. The molecular formula is C17H14O. The third kappa shape index (κ3) is 1.68. The molecule has 0 saturated heterocycles. The van der Waals surface area contributed by atoms with Crippen molar-refractivity contribution in [2.24, 2.45) is 0 Å². The average Bonchev–Trinajstić information content (AvgIpc) is 2.75. The van der Waals surface area contributed by atoms with Crippen LogP contribution in [-0.2, 0) is 6.42 Å². The number of carbonyl (C=O) groups is 1. The molecule has 0 bridgehead atoms. The normalized spacial score (nSPS) is 13.6. The highest BCUT2D eigenvalue weighted by molar-refractivity contribution is 6.30. The number of fused-ring (bicyclic) bond motifs is 1. The zero-order chi connectivity index (χ0) is 12.5. The first kappa shape index (κ1) is 11.0. The summed E-state index contributed by atoms with van der Waals surface area (Å²) in [7, 11) is 0. The van der Waals surface area contributed by atoms with Crippen LogP contribution in [0.2, 0.25) is 0 Å². The van der Waals surface area contributed by atoms with Crippen molar-refractivity contribution in [3.63, 3.8) is 0 Å². The molecule has 0 aromatic heterocycles. The van der Waals surface area contributed by atoms with Crippen LogP contribution in [0.25, 0.3) is 5.57 Å². The summed E-state index contributed by atoms with van der Waals surface area (Å²) < 4.78 is 0. The zero-order valence-corrected chi connectivity index (χ0v) is 10.3. The molecule has 0 fully saturated rings. The van der Waals surface area contributed by atoms with Crippen LogP contribution in [0.15, 0.2) is 60.2 Å². The Hall–Kier alpha value is -2.15. The topological polar surface area (TPSA) is 17.1 Å². The molecule has 0 amide bonds. The Kier molecular flexibility index (Phi) is 2.60. The van der Waals surface area contributed by atoms with Gasteiger partial charge in [0.15, 0.2) is 5.78 Å². The van der Waals surface area contributed by atoms with E-state index in [0.29, 0.717) is 0 Å². The first-order valence-corrected chi connectivity index (χ1v) is 6.15. The molecule has 0 N–H and O–H groups in total. The summed E-state index contributed by atoms with van der Waals surface area (Å²) in [4.78, 5) is 12.6. The van der Waals surface area contributed by atoms with Gasteiger partial charge in [0, 0.05) is 11.1 Å². The first-order chi connectivity index (χ1) is 8.77. The Morgan fingerprint density at radius 3 is 2.39 bits per heavy atom. The highest BCUT2D eigenvalue weighted by atomic mass is 16.1. The van der Waals surface area contributed by atoms with Crippen LogP contribution in [0.4, 0.5) is 0 Å². The molecule has 1 aliphatic carbocycles. The SMILES string of the molecule is CC1=C(C(=O)c2ccccc2)c2ccccc2C1. The van der Waals surface area contributed by atoms with Crippen LogP contribution in [0, 0.1) is 0 Å². The number of benzene rings is 2. The molecule has 1 heteroatoms. The number of Topliss-reactive ketones (excluding diaryl/α,β-unsaturated/α-hetero) is 1. The third-order valence-electron chi connectivity index (χ3n) is 3.43. The highest BCUT2D eigenvalue weighted by Gasteiger charge is 2.24. The minimum absolute atomic E-state index is 0.137. The predicted molar refractivity (Wildman–Crippen MR) is 73.5 cm³/mol. The van der Waals surface area contributed by atoms with E-state index in [4.69, 9.17) is 0 Å². The van der Waals surface area contributed by atoms with Gasteiger partial charge in [-0.3, -0.25) is 4.79 Å². The van der Waals surface area contributed by atoms with E-state index in [-0.39, 0.29) is 5.78 Å². The molecule has 18 heavy (non-hydrogen) atoms. The third-order valence-corrected chi connectivity index (χ3v) is 3.43. The Labute approximate surface area is 107 Å². The van der Waals surface area contributed by atoms with Crippen molar-refractivity contribution in [3.05, 3.63) is 76.9 Å². The average molecular weight is 234 g/mol. The summed E-state index contributed by atoms with van der Waals surface area (Å²) in [5, 5.41) is 0. The van der Waals surface area contributed by atoms with Crippen LogP contribution in [0.5, 0.6) is 0 Å². The molecular weight excluding hydrogens is 220 g/mol.